The molecule has 0 amide bonds. The minimum atomic E-state index is -0.252. The van der Waals surface area contributed by atoms with Crippen LogP contribution in [-0.4, -0.2) is 23.3 Å². The van der Waals surface area contributed by atoms with Crippen molar-refractivity contribution in [1.29, 1.82) is 0 Å². The molecule has 0 aromatic heterocycles. The molecule has 18 heavy (non-hydrogen) atoms. The lowest BCUT2D eigenvalue weighted by Crippen LogP contribution is -2.24. The monoisotopic (exact) mass is 250 g/mol. The smallest absolute Gasteiger partial charge is 0.306 e. The molecule has 0 saturated heterocycles. The van der Waals surface area contributed by atoms with Crippen molar-refractivity contribution in [2.24, 2.45) is 17.8 Å². The third-order valence-corrected chi connectivity index (χ3v) is 4.81. The van der Waals surface area contributed by atoms with Gasteiger partial charge >= 0.3 is 5.97 Å². The van der Waals surface area contributed by atoms with Crippen molar-refractivity contribution in [2.45, 2.75) is 57.2 Å². The summed E-state index contributed by atoms with van der Waals surface area (Å²) in [6.45, 7) is 0. The largest absolute Gasteiger partial charge is 0.462 e. The molecule has 1 N–H and O–H groups in total. The van der Waals surface area contributed by atoms with Crippen LogP contribution in [0.2, 0.25) is 0 Å². The second-order valence-corrected chi connectivity index (χ2v) is 6.07. The molecule has 3 aliphatic rings. The molecule has 0 aromatic carbocycles. The van der Waals surface area contributed by atoms with Crippen LogP contribution in [0.15, 0.2) is 12.2 Å². The van der Waals surface area contributed by atoms with Crippen LogP contribution < -0.4 is 0 Å². The molecule has 3 rings (SSSR count). The maximum Gasteiger partial charge on any atom is 0.306 e. The van der Waals surface area contributed by atoms with Crippen LogP contribution in [0.5, 0.6) is 0 Å². The first-order valence-electron chi connectivity index (χ1n) is 7.30. The summed E-state index contributed by atoms with van der Waals surface area (Å²) in [4.78, 5) is 11.9. The minimum Gasteiger partial charge on any atom is -0.462 e. The van der Waals surface area contributed by atoms with E-state index < -0.39 is 0 Å². The van der Waals surface area contributed by atoms with Crippen LogP contribution in [0.1, 0.15) is 44.9 Å². The molecule has 4 unspecified atom stereocenters. The quantitative estimate of drug-likeness (QED) is 0.618. The SMILES string of the molecule is O=C(CC1CC2C=CC1C2O)OC1CCCCC1. The molecule has 3 aliphatic carbocycles. The maximum absolute atomic E-state index is 11.9. The summed E-state index contributed by atoms with van der Waals surface area (Å²) in [5, 5.41) is 9.92. The van der Waals surface area contributed by atoms with Crippen molar-refractivity contribution in [1.82, 2.24) is 0 Å². The van der Waals surface area contributed by atoms with Gasteiger partial charge in [-0.25, -0.2) is 0 Å². The van der Waals surface area contributed by atoms with Gasteiger partial charge in [-0.05, 0) is 38.0 Å². The predicted octanol–water partition coefficient (Wildman–Crippen LogP) is 2.44. The highest BCUT2D eigenvalue weighted by atomic mass is 16.5. The number of aliphatic hydroxyl groups excluding tert-OH is 1. The van der Waals surface area contributed by atoms with E-state index >= 15 is 0 Å². The Morgan fingerprint density at radius 1 is 1.22 bits per heavy atom. The Kier molecular flexibility index (Phi) is 3.42. The Morgan fingerprint density at radius 3 is 2.61 bits per heavy atom. The standard InChI is InChI=1S/C15H22O3/c16-14(18-12-4-2-1-3-5-12)9-11-8-10-6-7-13(11)15(10)17/h6-7,10-13,15,17H,1-5,8-9H2. The molecule has 0 aliphatic heterocycles. The van der Waals surface area contributed by atoms with Gasteiger partial charge in [-0.3, -0.25) is 4.79 Å². The lowest BCUT2D eigenvalue weighted by atomic mass is 9.90. The summed E-state index contributed by atoms with van der Waals surface area (Å²) < 4.78 is 5.55. The van der Waals surface area contributed by atoms with E-state index in [1.54, 1.807) is 0 Å². The second-order valence-electron chi connectivity index (χ2n) is 6.07. The molecule has 0 spiro atoms. The topological polar surface area (TPSA) is 46.5 Å². The van der Waals surface area contributed by atoms with Crippen LogP contribution in [0.25, 0.3) is 0 Å². The van der Waals surface area contributed by atoms with E-state index in [4.69, 9.17) is 4.74 Å². The van der Waals surface area contributed by atoms with Crippen LogP contribution in [0.4, 0.5) is 0 Å². The average molecular weight is 250 g/mol. The molecule has 0 heterocycles. The Morgan fingerprint density at radius 2 is 2.00 bits per heavy atom. The van der Waals surface area contributed by atoms with Gasteiger partial charge < -0.3 is 9.84 Å². The highest BCUT2D eigenvalue weighted by Crippen LogP contribution is 2.45. The van der Waals surface area contributed by atoms with Gasteiger partial charge in [-0.1, -0.05) is 18.6 Å². The van der Waals surface area contributed by atoms with E-state index in [0.717, 1.165) is 19.3 Å². The molecule has 100 valence electrons. The van der Waals surface area contributed by atoms with E-state index in [2.05, 4.69) is 12.2 Å². The van der Waals surface area contributed by atoms with Crippen molar-refractivity contribution in [3.63, 3.8) is 0 Å². The van der Waals surface area contributed by atoms with Crippen LogP contribution >= 0.6 is 0 Å². The average Bonchev–Trinajstić information content (AvgIpc) is 2.85. The summed E-state index contributed by atoms with van der Waals surface area (Å²) in [7, 11) is 0. The van der Waals surface area contributed by atoms with Crippen LogP contribution in [-0.2, 0) is 9.53 Å². The van der Waals surface area contributed by atoms with Gasteiger partial charge in [-0.15, -0.1) is 0 Å². The van der Waals surface area contributed by atoms with Gasteiger partial charge in [0, 0.05) is 18.3 Å². The van der Waals surface area contributed by atoms with Gasteiger partial charge in [0.15, 0.2) is 0 Å². The Balaban J connectivity index is 1.48. The highest BCUT2D eigenvalue weighted by molar-refractivity contribution is 5.70. The molecular formula is C15H22O3. The second kappa shape index (κ2) is 5.04. The Hall–Kier alpha value is -0.830. The van der Waals surface area contributed by atoms with Gasteiger partial charge in [-0.2, -0.15) is 0 Å². The zero-order valence-electron chi connectivity index (χ0n) is 10.8. The van der Waals surface area contributed by atoms with E-state index in [1.807, 2.05) is 0 Å². The number of rotatable bonds is 3. The number of hydrogen-bond donors (Lipinski definition) is 1. The van der Waals surface area contributed by atoms with Crippen molar-refractivity contribution in [2.75, 3.05) is 0 Å². The van der Waals surface area contributed by atoms with Crippen molar-refractivity contribution in [3.8, 4) is 0 Å². The highest BCUT2D eigenvalue weighted by Gasteiger charge is 2.44. The van der Waals surface area contributed by atoms with E-state index in [0.29, 0.717) is 12.3 Å². The van der Waals surface area contributed by atoms with E-state index in [9.17, 15) is 9.90 Å². The first kappa shape index (κ1) is 12.2. The minimum absolute atomic E-state index is 0.0555. The third kappa shape index (κ3) is 2.33. The molecule has 2 bridgehead atoms. The van der Waals surface area contributed by atoms with Gasteiger partial charge in [0.25, 0.3) is 0 Å². The van der Waals surface area contributed by atoms with Gasteiger partial charge in [0.05, 0.1) is 6.10 Å². The van der Waals surface area contributed by atoms with E-state index in [-0.39, 0.29) is 30.0 Å². The maximum atomic E-state index is 11.9. The summed E-state index contributed by atoms with van der Waals surface area (Å²) in [6, 6.07) is 0. The lowest BCUT2D eigenvalue weighted by molar-refractivity contribution is -0.151. The number of ether oxygens (including phenoxy) is 1. The molecule has 2 fully saturated rings. The zero-order chi connectivity index (χ0) is 12.5. The number of aliphatic hydroxyl groups is 1. The molecular weight excluding hydrogens is 228 g/mol. The summed E-state index contributed by atoms with van der Waals surface area (Å²) in [5.41, 5.74) is 0. The van der Waals surface area contributed by atoms with Crippen molar-refractivity contribution in [3.05, 3.63) is 12.2 Å². The predicted molar refractivity (Wildman–Crippen MR) is 67.8 cm³/mol. The number of fused-ring (bicyclic) bond motifs is 2. The number of hydrogen-bond acceptors (Lipinski definition) is 3. The van der Waals surface area contributed by atoms with E-state index in [1.165, 1.54) is 19.3 Å². The lowest BCUT2D eigenvalue weighted by Gasteiger charge is -2.23. The summed E-state index contributed by atoms with van der Waals surface area (Å²) in [6.07, 6.45) is 11.2. The van der Waals surface area contributed by atoms with Gasteiger partial charge in [0.2, 0.25) is 0 Å². The normalized spacial score (nSPS) is 39.2. The molecule has 2 saturated carbocycles. The molecule has 4 atom stereocenters. The van der Waals surface area contributed by atoms with Crippen molar-refractivity contribution < 1.29 is 14.6 Å². The first-order chi connectivity index (χ1) is 8.74. The molecule has 0 radical (unpaired) electrons. The Labute approximate surface area is 108 Å². The molecule has 3 heteroatoms. The first-order valence-corrected chi connectivity index (χ1v) is 7.30. The number of carbonyl (C=O) groups is 1. The fraction of sp³-hybridized carbons (Fsp3) is 0.800. The van der Waals surface area contributed by atoms with Crippen LogP contribution in [0.3, 0.4) is 0 Å². The molecule has 0 aromatic rings. The third-order valence-electron chi connectivity index (χ3n) is 4.81. The van der Waals surface area contributed by atoms with Crippen molar-refractivity contribution >= 4 is 5.97 Å². The molecule has 3 nitrogen and oxygen atoms in total. The zero-order valence-corrected chi connectivity index (χ0v) is 10.8. The van der Waals surface area contributed by atoms with Gasteiger partial charge in [0.1, 0.15) is 6.10 Å². The summed E-state index contributed by atoms with van der Waals surface area (Å²) >= 11 is 0. The summed E-state index contributed by atoms with van der Waals surface area (Å²) in [5.74, 6) is 0.711. The number of carbonyl (C=O) groups excluding carboxylic acids is 1. The van der Waals surface area contributed by atoms with Crippen LogP contribution in [0, 0.1) is 17.8 Å². The Bertz CT molecular complexity index is 344. The number of esters is 1. The fourth-order valence-electron chi connectivity index (χ4n) is 3.80. The fourth-order valence-corrected chi connectivity index (χ4v) is 3.80.